The molecule has 0 saturated carbocycles. The Hall–Kier alpha value is -3.31. The average Bonchev–Trinajstić information content (AvgIpc) is 3.53. The number of ether oxygens (including phenoxy) is 1. The first-order chi connectivity index (χ1) is 17.2. The van der Waals surface area contributed by atoms with E-state index in [4.69, 9.17) is 4.74 Å². The van der Waals surface area contributed by atoms with Crippen LogP contribution >= 0.6 is 11.3 Å². The standard InChI is InChI=1S/C25H34N6O4S/c1-5-6-9-19(21(32)22(33)29-23-27-12-14-36-23)28-24(34)35-20(25(2,3)4)16-31-13-10-18(30-31)17-8-7-11-26-15-17/h7-8,10-15,19-21,32H,5-6,9,16H2,1-4H3,(H,28,34)(H,27,29,33)/t19-,20+,21-/m0/s1. The smallest absolute Gasteiger partial charge is 0.407 e. The van der Waals surface area contributed by atoms with Crippen LogP contribution in [0.3, 0.4) is 0 Å². The van der Waals surface area contributed by atoms with E-state index in [1.54, 1.807) is 28.7 Å². The van der Waals surface area contributed by atoms with E-state index >= 15 is 0 Å². The molecule has 194 valence electrons. The Morgan fingerprint density at radius 1 is 1.25 bits per heavy atom. The first-order valence-electron chi connectivity index (χ1n) is 12.0. The maximum atomic E-state index is 12.9. The number of nitrogens with zero attached hydrogens (tertiary/aromatic N) is 4. The molecular weight excluding hydrogens is 480 g/mol. The summed E-state index contributed by atoms with van der Waals surface area (Å²) in [6.45, 7) is 8.25. The number of aromatic nitrogens is 4. The van der Waals surface area contributed by atoms with Gasteiger partial charge in [0.15, 0.2) is 11.2 Å². The number of anilines is 1. The molecule has 0 aromatic carbocycles. The largest absolute Gasteiger partial charge is 0.444 e. The number of alkyl carbamates (subject to hydrolysis) is 1. The number of hydrogen-bond acceptors (Lipinski definition) is 8. The molecule has 3 atom stereocenters. The van der Waals surface area contributed by atoms with Gasteiger partial charge < -0.3 is 15.2 Å². The minimum absolute atomic E-state index is 0.337. The fraction of sp³-hybridized carbons (Fsp3) is 0.480. The Morgan fingerprint density at radius 2 is 2.06 bits per heavy atom. The average molecular weight is 515 g/mol. The number of amides is 2. The predicted octanol–water partition coefficient (Wildman–Crippen LogP) is 4.10. The van der Waals surface area contributed by atoms with Gasteiger partial charge in [0.2, 0.25) is 0 Å². The third-order valence-electron chi connectivity index (χ3n) is 5.65. The van der Waals surface area contributed by atoms with E-state index in [9.17, 15) is 14.7 Å². The van der Waals surface area contributed by atoms with Crippen molar-refractivity contribution in [3.8, 4) is 11.3 Å². The van der Waals surface area contributed by atoms with E-state index in [-0.39, 0.29) is 0 Å². The molecule has 0 bridgehead atoms. The number of unbranched alkanes of at least 4 members (excludes halogenated alkanes) is 1. The molecule has 0 radical (unpaired) electrons. The molecule has 36 heavy (non-hydrogen) atoms. The number of carbonyl (C=O) groups is 2. The van der Waals surface area contributed by atoms with Crippen molar-refractivity contribution < 1.29 is 19.4 Å². The van der Waals surface area contributed by atoms with Gasteiger partial charge in [-0.05, 0) is 24.6 Å². The first kappa shape index (κ1) is 27.3. The van der Waals surface area contributed by atoms with Crippen LogP contribution in [-0.2, 0) is 16.1 Å². The van der Waals surface area contributed by atoms with Gasteiger partial charge in [-0.2, -0.15) is 5.10 Å². The Bertz CT molecular complexity index is 1100. The van der Waals surface area contributed by atoms with Crippen molar-refractivity contribution in [1.29, 1.82) is 0 Å². The Labute approximate surface area is 215 Å². The van der Waals surface area contributed by atoms with Crippen LogP contribution in [0.2, 0.25) is 0 Å². The Kier molecular flexibility index (Phi) is 9.54. The van der Waals surface area contributed by atoms with Crippen molar-refractivity contribution in [1.82, 2.24) is 25.1 Å². The van der Waals surface area contributed by atoms with Crippen molar-refractivity contribution in [2.45, 2.75) is 71.8 Å². The van der Waals surface area contributed by atoms with Crippen LogP contribution < -0.4 is 10.6 Å². The van der Waals surface area contributed by atoms with Crippen molar-refractivity contribution in [3.63, 3.8) is 0 Å². The highest BCUT2D eigenvalue weighted by Crippen LogP contribution is 2.25. The van der Waals surface area contributed by atoms with E-state index in [0.29, 0.717) is 18.1 Å². The van der Waals surface area contributed by atoms with Crippen molar-refractivity contribution >= 4 is 28.5 Å². The van der Waals surface area contributed by atoms with Crippen LogP contribution in [0.5, 0.6) is 0 Å². The molecule has 0 fully saturated rings. The molecule has 0 aliphatic rings. The van der Waals surface area contributed by atoms with Gasteiger partial charge in [-0.1, -0.05) is 40.5 Å². The molecule has 3 rings (SSSR count). The second-order valence-electron chi connectivity index (χ2n) is 9.59. The normalized spacial score (nSPS) is 14.0. The molecule has 3 aromatic rings. The SMILES string of the molecule is CCCC[C@H](NC(=O)O[C@H](Cn1ccc(-c2cccnc2)n1)C(C)(C)C)[C@H](O)C(=O)Nc1nccs1. The minimum atomic E-state index is -1.45. The van der Waals surface area contributed by atoms with E-state index in [2.05, 4.69) is 25.7 Å². The lowest BCUT2D eigenvalue weighted by atomic mass is 9.89. The molecule has 3 heterocycles. The molecule has 3 aromatic heterocycles. The molecule has 0 saturated heterocycles. The zero-order chi connectivity index (χ0) is 26.1. The molecule has 11 heteroatoms. The lowest BCUT2D eigenvalue weighted by molar-refractivity contribution is -0.125. The highest BCUT2D eigenvalue weighted by Gasteiger charge is 2.32. The number of thiazole rings is 1. The topological polar surface area (TPSA) is 131 Å². The number of nitrogens with one attached hydrogen (secondary N) is 2. The summed E-state index contributed by atoms with van der Waals surface area (Å²) in [6.07, 6.45) is 6.16. The molecule has 0 aliphatic carbocycles. The quantitative estimate of drug-likeness (QED) is 0.351. The van der Waals surface area contributed by atoms with E-state index in [1.807, 2.05) is 52.1 Å². The maximum Gasteiger partial charge on any atom is 0.407 e. The summed E-state index contributed by atoms with van der Waals surface area (Å²) in [6, 6.07) is 4.85. The van der Waals surface area contributed by atoms with E-state index in [0.717, 1.165) is 24.1 Å². The van der Waals surface area contributed by atoms with Gasteiger partial charge in [0.05, 0.1) is 18.3 Å². The first-order valence-corrected chi connectivity index (χ1v) is 12.8. The van der Waals surface area contributed by atoms with Crippen LogP contribution in [0.1, 0.15) is 47.0 Å². The van der Waals surface area contributed by atoms with Crippen molar-refractivity contribution in [2.75, 3.05) is 5.32 Å². The third kappa shape index (κ3) is 7.85. The zero-order valence-electron chi connectivity index (χ0n) is 21.0. The fourth-order valence-corrected chi connectivity index (χ4v) is 4.02. The van der Waals surface area contributed by atoms with E-state index < -0.39 is 35.7 Å². The van der Waals surface area contributed by atoms with Crippen LogP contribution in [-0.4, -0.2) is 55.1 Å². The lowest BCUT2D eigenvalue weighted by Gasteiger charge is -2.31. The summed E-state index contributed by atoms with van der Waals surface area (Å²) >= 11 is 1.25. The van der Waals surface area contributed by atoms with E-state index in [1.165, 1.54) is 11.3 Å². The summed E-state index contributed by atoms with van der Waals surface area (Å²) in [5.74, 6) is -0.627. The van der Waals surface area contributed by atoms with Crippen molar-refractivity contribution in [3.05, 3.63) is 48.4 Å². The minimum Gasteiger partial charge on any atom is -0.444 e. The van der Waals surface area contributed by atoms with Crippen molar-refractivity contribution in [2.24, 2.45) is 5.41 Å². The number of carbonyl (C=O) groups excluding carboxylic acids is 2. The summed E-state index contributed by atoms with van der Waals surface area (Å²) in [7, 11) is 0. The summed E-state index contributed by atoms with van der Waals surface area (Å²) in [5, 5.41) is 22.6. The van der Waals surface area contributed by atoms with Gasteiger partial charge >= 0.3 is 6.09 Å². The van der Waals surface area contributed by atoms with Gasteiger partial charge in [0, 0.05) is 41.1 Å². The number of rotatable bonds is 11. The molecule has 0 unspecified atom stereocenters. The number of hydrogen-bond donors (Lipinski definition) is 3. The van der Waals surface area contributed by atoms with Gasteiger partial charge in [-0.3, -0.25) is 19.8 Å². The molecule has 3 N–H and O–H groups in total. The zero-order valence-corrected chi connectivity index (χ0v) is 21.9. The van der Waals surface area contributed by atoms with Gasteiger partial charge in [-0.15, -0.1) is 11.3 Å². The van der Waals surface area contributed by atoms with Crippen LogP contribution in [0.4, 0.5) is 9.93 Å². The third-order valence-corrected chi connectivity index (χ3v) is 6.34. The number of aliphatic hydroxyl groups is 1. The Balaban J connectivity index is 1.66. The van der Waals surface area contributed by atoms with Gasteiger partial charge in [0.25, 0.3) is 5.91 Å². The molecule has 0 spiro atoms. The van der Waals surface area contributed by atoms with Crippen LogP contribution in [0.25, 0.3) is 11.3 Å². The molecule has 10 nitrogen and oxygen atoms in total. The molecular formula is C25H34N6O4S. The van der Waals surface area contributed by atoms with Gasteiger partial charge in [0.1, 0.15) is 6.10 Å². The Morgan fingerprint density at radius 3 is 2.69 bits per heavy atom. The summed E-state index contributed by atoms with van der Waals surface area (Å²) in [4.78, 5) is 33.6. The lowest BCUT2D eigenvalue weighted by Crippen LogP contribution is -2.50. The second kappa shape index (κ2) is 12.6. The summed E-state index contributed by atoms with van der Waals surface area (Å²) < 4.78 is 7.54. The van der Waals surface area contributed by atoms with Crippen LogP contribution in [0.15, 0.2) is 48.4 Å². The van der Waals surface area contributed by atoms with Crippen LogP contribution in [0, 0.1) is 5.41 Å². The molecule has 0 aliphatic heterocycles. The second-order valence-corrected chi connectivity index (χ2v) is 10.5. The maximum absolute atomic E-state index is 12.9. The monoisotopic (exact) mass is 514 g/mol. The van der Waals surface area contributed by atoms with Gasteiger partial charge in [-0.25, -0.2) is 9.78 Å². The number of pyridine rings is 1. The predicted molar refractivity (Wildman–Crippen MR) is 138 cm³/mol. The fourth-order valence-electron chi connectivity index (χ4n) is 3.48. The highest BCUT2D eigenvalue weighted by atomic mass is 32.1. The summed E-state index contributed by atoms with van der Waals surface area (Å²) in [5.41, 5.74) is 1.28. The number of aliphatic hydroxyl groups excluding tert-OH is 1. The molecule has 2 amide bonds. The highest BCUT2D eigenvalue weighted by molar-refractivity contribution is 7.13.